The summed E-state index contributed by atoms with van der Waals surface area (Å²) in [6.07, 6.45) is 7.45. The molecule has 0 radical (unpaired) electrons. The molecule has 6 rings (SSSR count). The van der Waals surface area contributed by atoms with Crippen LogP contribution in [0, 0.1) is 0 Å². The molecule has 0 aliphatic heterocycles. The number of benzene rings is 2. The van der Waals surface area contributed by atoms with Crippen LogP contribution in [0.2, 0.25) is 0 Å². The number of fused-ring (bicyclic) bond motifs is 5. The van der Waals surface area contributed by atoms with Gasteiger partial charge in [0.1, 0.15) is 0 Å². The molecule has 2 aromatic carbocycles. The van der Waals surface area contributed by atoms with E-state index in [1.165, 1.54) is 27.6 Å². The third-order valence-electron chi connectivity index (χ3n) is 6.45. The number of pyridine rings is 3. The predicted molar refractivity (Wildman–Crippen MR) is 126 cm³/mol. The molecule has 3 nitrogen and oxygen atoms in total. The lowest BCUT2D eigenvalue weighted by molar-refractivity contribution is 0.666. The first-order chi connectivity index (χ1) is 15.1. The molecule has 148 valence electrons. The molecule has 3 aromatic heterocycles. The van der Waals surface area contributed by atoms with Gasteiger partial charge in [-0.3, -0.25) is 15.0 Å². The van der Waals surface area contributed by atoms with Crippen molar-refractivity contribution in [3.05, 3.63) is 103 Å². The summed E-state index contributed by atoms with van der Waals surface area (Å²) in [5.74, 6) is 0. The van der Waals surface area contributed by atoms with Crippen molar-refractivity contribution < 1.29 is 0 Å². The molecular weight excluding hydrogens is 378 g/mol. The first-order valence-corrected chi connectivity index (χ1v) is 10.5. The standard InChI is InChI=1S/C28H21N3/c1-28(2)24-15-18(25-11-8-20(17-31-25)19-5-3-13-29-16-19)7-9-21(24)22-10-12-26-23(27(22)28)6-4-14-30-26/h3-17H,1-2H3. The fraction of sp³-hybridized carbons (Fsp3) is 0.107. The third kappa shape index (κ3) is 2.70. The lowest BCUT2D eigenvalue weighted by Gasteiger charge is -2.23. The maximum atomic E-state index is 4.76. The maximum Gasteiger partial charge on any atom is 0.0705 e. The van der Waals surface area contributed by atoms with Crippen LogP contribution in [0.5, 0.6) is 0 Å². The van der Waals surface area contributed by atoms with Crippen LogP contribution in [-0.2, 0) is 5.41 Å². The molecule has 3 heterocycles. The largest absolute Gasteiger partial charge is 0.264 e. The number of hydrogen-bond donors (Lipinski definition) is 0. The smallest absolute Gasteiger partial charge is 0.0705 e. The number of hydrogen-bond acceptors (Lipinski definition) is 3. The average Bonchev–Trinajstić information content (AvgIpc) is 3.06. The minimum atomic E-state index is -0.0983. The van der Waals surface area contributed by atoms with Gasteiger partial charge >= 0.3 is 0 Å². The van der Waals surface area contributed by atoms with E-state index in [0.717, 1.165) is 27.9 Å². The molecule has 0 atom stereocenters. The van der Waals surface area contributed by atoms with Crippen molar-refractivity contribution in [3.63, 3.8) is 0 Å². The first kappa shape index (κ1) is 18.0. The van der Waals surface area contributed by atoms with Gasteiger partial charge in [-0.05, 0) is 52.6 Å². The van der Waals surface area contributed by atoms with Crippen molar-refractivity contribution >= 4 is 10.9 Å². The first-order valence-electron chi connectivity index (χ1n) is 10.5. The second-order valence-electron chi connectivity index (χ2n) is 8.62. The van der Waals surface area contributed by atoms with Crippen LogP contribution in [0.15, 0.2) is 91.5 Å². The van der Waals surface area contributed by atoms with Gasteiger partial charge < -0.3 is 0 Å². The minimum absolute atomic E-state index is 0.0983. The highest BCUT2D eigenvalue weighted by atomic mass is 14.7. The van der Waals surface area contributed by atoms with E-state index in [1.807, 2.05) is 30.7 Å². The Kier molecular flexibility index (Phi) is 3.81. The monoisotopic (exact) mass is 399 g/mol. The summed E-state index contributed by atoms with van der Waals surface area (Å²) in [4.78, 5) is 13.5. The van der Waals surface area contributed by atoms with Crippen LogP contribution < -0.4 is 0 Å². The van der Waals surface area contributed by atoms with E-state index in [9.17, 15) is 0 Å². The van der Waals surface area contributed by atoms with E-state index < -0.39 is 0 Å². The van der Waals surface area contributed by atoms with E-state index >= 15 is 0 Å². The molecule has 31 heavy (non-hydrogen) atoms. The average molecular weight is 399 g/mol. The van der Waals surface area contributed by atoms with Crippen molar-refractivity contribution in [3.8, 4) is 33.5 Å². The summed E-state index contributed by atoms with van der Waals surface area (Å²) in [6.45, 7) is 4.62. The lowest BCUT2D eigenvalue weighted by atomic mass is 9.80. The summed E-state index contributed by atoms with van der Waals surface area (Å²) in [7, 11) is 0. The van der Waals surface area contributed by atoms with Crippen molar-refractivity contribution in [1.29, 1.82) is 0 Å². The van der Waals surface area contributed by atoms with Crippen molar-refractivity contribution in [1.82, 2.24) is 15.0 Å². The van der Waals surface area contributed by atoms with Crippen LogP contribution in [0.1, 0.15) is 25.0 Å². The van der Waals surface area contributed by atoms with Crippen molar-refractivity contribution in [2.75, 3.05) is 0 Å². The zero-order chi connectivity index (χ0) is 21.0. The van der Waals surface area contributed by atoms with E-state index in [2.05, 4.69) is 78.4 Å². The predicted octanol–water partition coefficient (Wildman–Crippen LogP) is 6.67. The maximum absolute atomic E-state index is 4.76. The van der Waals surface area contributed by atoms with Crippen molar-refractivity contribution in [2.45, 2.75) is 19.3 Å². The van der Waals surface area contributed by atoms with Crippen LogP contribution in [0.3, 0.4) is 0 Å². The molecule has 1 aliphatic carbocycles. The Labute approximate surface area is 181 Å². The van der Waals surface area contributed by atoms with Gasteiger partial charge in [-0.15, -0.1) is 0 Å². The molecule has 5 aromatic rings. The van der Waals surface area contributed by atoms with Crippen molar-refractivity contribution in [2.24, 2.45) is 0 Å². The summed E-state index contributed by atoms with van der Waals surface area (Å²) in [5, 5.41) is 1.24. The number of nitrogens with zero attached hydrogens (tertiary/aromatic N) is 3. The molecular formula is C28H21N3. The van der Waals surface area contributed by atoms with E-state index in [4.69, 9.17) is 4.98 Å². The van der Waals surface area contributed by atoms with Gasteiger partial charge in [-0.2, -0.15) is 0 Å². The van der Waals surface area contributed by atoms with E-state index in [1.54, 1.807) is 6.20 Å². The minimum Gasteiger partial charge on any atom is -0.264 e. The summed E-state index contributed by atoms with van der Waals surface area (Å²) in [5.41, 5.74) is 10.5. The van der Waals surface area contributed by atoms with Gasteiger partial charge in [0, 0.05) is 52.3 Å². The number of rotatable bonds is 2. The highest BCUT2D eigenvalue weighted by molar-refractivity contribution is 5.96. The van der Waals surface area contributed by atoms with Gasteiger partial charge in [0.05, 0.1) is 11.2 Å². The van der Waals surface area contributed by atoms with E-state index in [-0.39, 0.29) is 5.41 Å². The van der Waals surface area contributed by atoms with Gasteiger partial charge in [0.15, 0.2) is 0 Å². The fourth-order valence-electron chi connectivity index (χ4n) is 4.91. The second-order valence-corrected chi connectivity index (χ2v) is 8.62. The Bertz CT molecular complexity index is 1440. The molecule has 0 unspecified atom stereocenters. The lowest BCUT2D eigenvalue weighted by Crippen LogP contribution is -2.15. The quantitative estimate of drug-likeness (QED) is 0.333. The Morgan fingerprint density at radius 2 is 1.48 bits per heavy atom. The Morgan fingerprint density at radius 1 is 0.677 bits per heavy atom. The van der Waals surface area contributed by atoms with Crippen LogP contribution in [-0.4, -0.2) is 15.0 Å². The van der Waals surface area contributed by atoms with Crippen LogP contribution in [0.4, 0.5) is 0 Å². The van der Waals surface area contributed by atoms with Crippen LogP contribution in [0.25, 0.3) is 44.4 Å². The zero-order valence-corrected chi connectivity index (χ0v) is 17.5. The molecule has 0 spiro atoms. The normalized spacial score (nSPS) is 13.7. The molecule has 0 fully saturated rings. The molecule has 0 bridgehead atoms. The molecule has 0 saturated carbocycles. The van der Waals surface area contributed by atoms with E-state index in [0.29, 0.717) is 0 Å². The van der Waals surface area contributed by atoms with Gasteiger partial charge in [-0.25, -0.2) is 0 Å². The summed E-state index contributed by atoms with van der Waals surface area (Å²) in [6, 6.07) is 23.5. The Hall–Kier alpha value is -3.85. The highest BCUT2D eigenvalue weighted by Gasteiger charge is 2.37. The van der Waals surface area contributed by atoms with Gasteiger partial charge in [0.2, 0.25) is 0 Å². The molecule has 3 heteroatoms. The second kappa shape index (κ2) is 6.58. The zero-order valence-electron chi connectivity index (χ0n) is 17.5. The molecule has 0 N–H and O–H groups in total. The Balaban J connectivity index is 1.45. The summed E-state index contributed by atoms with van der Waals surface area (Å²) < 4.78 is 0. The number of aromatic nitrogens is 3. The highest BCUT2D eigenvalue weighted by Crippen LogP contribution is 2.51. The fourth-order valence-corrected chi connectivity index (χ4v) is 4.91. The van der Waals surface area contributed by atoms with Crippen LogP contribution >= 0.6 is 0 Å². The molecule has 1 aliphatic rings. The third-order valence-corrected chi connectivity index (χ3v) is 6.45. The SMILES string of the molecule is CC1(C)c2cc(-c3ccc(-c4cccnc4)cn3)ccc2-c2ccc3ncccc3c21. The Morgan fingerprint density at radius 3 is 2.29 bits per heavy atom. The topological polar surface area (TPSA) is 38.7 Å². The molecule has 0 saturated heterocycles. The van der Waals surface area contributed by atoms with Gasteiger partial charge in [-0.1, -0.05) is 50.2 Å². The summed E-state index contributed by atoms with van der Waals surface area (Å²) >= 11 is 0. The molecule has 0 amide bonds. The van der Waals surface area contributed by atoms with Gasteiger partial charge in [0.25, 0.3) is 0 Å².